The number of carbonyl (C=O) groups excluding carboxylic acids is 3. The maximum absolute atomic E-state index is 12.5. The van der Waals surface area contributed by atoms with Crippen LogP contribution in [0, 0.1) is 5.92 Å². The number of anilines is 1. The lowest BCUT2D eigenvalue weighted by Crippen LogP contribution is -2.32. The second-order valence-corrected chi connectivity index (χ2v) is 8.52. The summed E-state index contributed by atoms with van der Waals surface area (Å²) in [6.07, 6.45) is 3.94. The van der Waals surface area contributed by atoms with E-state index in [0.717, 1.165) is 29.7 Å². The molecule has 0 aliphatic heterocycles. The zero-order chi connectivity index (χ0) is 21.7. The normalized spacial score (nSPS) is 15.5. The summed E-state index contributed by atoms with van der Waals surface area (Å²) in [6.45, 7) is 4.10. The summed E-state index contributed by atoms with van der Waals surface area (Å²) in [4.78, 5) is 38.0. The molecule has 1 aromatic heterocycles. The van der Waals surface area contributed by atoms with Gasteiger partial charge in [0.1, 0.15) is 5.00 Å². The summed E-state index contributed by atoms with van der Waals surface area (Å²) in [7, 11) is 0. The Morgan fingerprint density at radius 2 is 2.00 bits per heavy atom. The highest BCUT2D eigenvalue weighted by molar-refractivity contribution is 7.17. The average molecular weight is 448 g/mol. The van der Waals surface area contributed by atoms with E-state index in [4.69, 9.17) is 16.3 Å². The molecule has 1 aliphatic carbocycles. The number of nitrogens with zero attached hydrogens (tertiary/aromatic N) is 1. The van der Waals surface area contributed by atoms with Crippen LogP contribution >= 0.6 is 22.9 Å². The first kappa shape index (κ1) is 22.0. The fourth-order valence-corrected chi connectivity index (χ4v) is 4.70. The van der Waals surface area contributed by atoms with E-state index in [0.29, 0.717) is 27.1 Å². The lowest BCUT2D eigenvalue weighted by molar-refractivity contribution is -0.136. The molecular weight excluding hydrogens is 426 g/mol. The molecule has 0 radical (unpaired) electrons. The molecule has 158 valence electrons. The van der Waals surface area contributed by atoms with Gasteiger partial charge in [-0.15, -0.1) is 11.3 Å². The fourth-order valence-electron chi connectivity index (χ4n) is 3.18. The van der Waals surface area contributed by atoms with Gasteiger partial charge in [0.05, 0.1) is 18.4 Å². The Morgan fingerprint density at radius 3 is 2.70 bits per heavy atom. The van der Waals surface area contributed by atoms with Crippen molar-refractivity contribution in [3.63, 3.8) is 0 Å². The number of esters is 1. The van der Waals surface area contributed by atoms with E-state index < -0.39 is 17.8 Å². The minimum Gasteiger partial charge on any atom is -0.462 e. The molecule has 0 unspecified atom stereocenters. The molecule has 0 spiro atoms. The Kier molecular flexibility index (Phi) is 7.23. The molecule has 1 aliphatic rings. The van der Waals surface area contributed by atoms with Gasteiger partial charge < -0.3 is 10.1 Å². The van der Waals surface area contributed by atoms with Crippen molar-refractivity contribution in [2.45, 2.75) is 33.1 Å². The second kappa shape index (κ2) is 9.86. The number of hydrogen-bond donors (Lipinski definition) is 2. The molecule has 1 heterocycles. The molecule has 3 rings (SSSR count). The summed E-state index contributed by atoms with van der Waals surface area (Å²) in [5.74, 6) is -1.82. The number of nitrogens with one attached hydrogen (secondary N) is 2. The summed E-state index contributed by atoms with van der Waals surface area (Å²) in [5.41, 5.74) is 4.16. The SMILES string of the molecule is CCOC(=O)c1c(NC(=O)C(=O)N/N=C\c2ccc(Cl)cc2)sc2c1CC[C@@H](C)C2. The predicted octanol–water partition coefficient (Wildman–Crippen LogP) is 3.79. The van der Waals surface area contributed by atoms with Crippen molar-refractivity contribution in [2.75, 3.05) is 11.9 Å². The maximum atomic E-state index is 12.5. The van der Waals surface area contributed by atoms with Crippen LogP contribution in [0.4, 0.5) is 5.00 Å². The van der Waals surface area contributed by atoms with E-state index in [-0.39, 0.29) is 6.61 Å². The topological polar surface area (TPSA) is 96.9 Å². The molecule has 0 fully saturated rings. The highest BCUT2D eigenvalue weighted by atomic mass is 35.5. The minimum absolute atomic E-state index is 0.229. The van der Waals surface area contributed by atoms with E-state index >= 15 is 0 Å². The standard InChI is InChI=1S/C21H22ClN3O4S/c1-3-29-21(28)17-15-9-4-12(2)10-16(15)30-20(17)24-18(26)19(27)25-23-11-13-5-7-14(22)8-6-13/h5-8,11-12H,3-4,9-10H2,1-2H3,(H,24,26)(H,25,27)/b23-11-/t12-/m1/s1. The van der Waals surface area contributed by atoms with Gasteiger partial charge >= 0.3 is 17.8 Å². The van der Waals surface area contributed by atoms with Crippen molar-refractivity contribution in [3.05, 3.63) is 50.9 Å². The third kappa shape index (κ3) is 5.25. The van der Waals surface area contributed by atoms with Gasteiger partial charge in [0.25, 0.3) is 0 Å². The van der Waals surface area contributed by atoms with Crippen LogP contribution in [0.1, 0.15) is 46.6 Å². The zero-order valence-electron chi connectivity index (χ0n) is 16.7. The number of rotatable bonds is 5. The van der Waals surface area contributed by atoms with Crippen molar-refractivity contribution < 1.29 is 19.1 Å². The summed E-state index contributed by atoms with van der Waals surface area (Å²) < 4.78 is 5.17. The van der Waals surface area contributed by atoms with Gasteiger partial charge in [-0.1, -0.05) is 30.7 Å². The average Bonchev–Trinajstić information content (AvgIpc) is 3.06. The first-order valence-corrected chi connectivity index (χ1v) is 10.8. The maximum Gasteiger partial charge on any atom is 0.341 e. The van der Waals surface area contributed by atoms with E-state index in [2.05, 4.69) is 22.8 Å². The lowest BCUT2D eigenvalue weighted by atomic mass is 9.88. The number of benzene rings is 1. The van der Waals surface area contributed by atoms with Crippen molar-refractivity contribution in [1.82, 2.24) is 5.43 Å². The number of fused-ring (bicyclic) bond motifs is 1. The molecule has 2 aromatic rings. The van der Waals surface area contributed by atoms with Gasteiger partial charge in [0, 0.05) is 9.90 Å². The number of hydrazone groups is 1. The number of hydrogen-bond acceptors (Lipinski definition) is 6. The Bertz CT molecular complexity index is 985. The summed E-state index contributed by atoms with van der Waals surface area (Å²) in [6, 6.07) is 6.82. The lowest BCUT2D eigenvalue weighted by Gasteiger charge is -2.18. The van der Waals surface area contributed by atoms with Gasteiger partial charge in [0.2, 0.25) is 0 Å². The van der Waals surface area contributed by atoms with Crippen LogP contribution < -0.4 is 10.7 Å². The smallest absolute Gasteiger partial charge is 0.341 e. The van der Waals surface area contributed by atoms with Crippen LogP contribution in [0.25, 0.3) is 0 Å². The van der Waals surface area contributed by atoms with Crippen LogP contribution in [-0.4, -0.2) is 30.6 Å². The highest BCUT2D eigenvalue weighted by Crippen LogP contribution is 2.40. The van der Waals surface area contributed by atoms with E-state index in [9.17, 15) is 14.4 Å². The summed E-state index contributed by atoms with van der Waals surface area (Å²) >= 11 is 7.14. The van der Waals surface area contributed by atoms with E-state index in [1.807, 2.05) is 0 Å². The number of carbonyl (C=O) groups is 3. The molecule has 1 atom stereocenters. The van der Waals surface area contributed by atoms with Crippen LogP contribution in [-0.2, 0) is 27.2 Å². The van der Waals surface area contributed by atoms with Crippen LogP contribution in [0.2, 0.25) is 5.02 Å². The largest absolute Gasteiger partial charge is 0.462 e. The van der Waals surface area contributed by atoms with E-state index in [1.165, 1.54) is 17.6 Å². The van der Waals surface area contributed by atoms with Crippen molar-refractivity contribution in [3.8, 4) is 0 Å². The summed E-state index contributed by atoms with van der Waals surface area (Å²) in [5, 5.41) is 7.26. The van der Waals surface area contributed by atoms with Gasteiger partial charge in [0.15, 0.2) is 0 Å². The van der Waals surface area contributed by atoms with Gasteiger partial charge in [-0.05, 0) is 55.4 Å². The Labute approximate surface area is 183 Å². The third-order valence-corrected chi connectivity index (χ3v) is 6.10. The van der Waals surface area contributed by atoms with Crippen molar-refractivity contribution in [2.24, 2.45) is 11.0 Å². The molecule has 0 saturated heterocycles. The molecule has 7 nitrogen and oxygen atoms in total. The van der Waals surface area contributed by atoms with Crippen LogP contribution in [0.5, 0.6) is 0 Å². The molecular formula is C21H22ClN3O4S. The molecule has 0 bridgehead atoms. The highest BCUT2D eigenvalue weighted by Gasteiger charge is 2.30. The fraction of sp³-hybridized carbons (Fsp3) is 0.333. The van der Waals surface area contributed by atoms with Crippen LogP contribution in [0.15, 0.2) is 29.4 Å². The molecule has 2 N–H and O–H groups in total. The van der Waals surface area contributed by atoms with Crippen molar-refractivity contribution in [1.29, 1.82) is 0 Å². The number of amides is 2. The predicted molar refractivity (Wildman–Crippen MR) is 117 cm³/mol. The van der Waals surface area contributed by atoms with Gasteiger partial charge in [-0.25, -0.2) is 10.2 Å². The van der Waals surface area contributed by atoms with E-state index in [1.54, 1.807) is 31.2 Å². The number of ether oxygens (including phenoxy) is 1. The molecule has 0 saturated carbocycles. The first-order valence-electron chi connectivity index (χ1n) is 9.60. The molecule has 2 amide bonds. The minimum atomic E-state index is -0.935. The first-order chi connectivity index (χ1) is 14.4. The van der Waals surface area contributed by atoms with Crippen LogP contribution in [0.3, 0.4) is 0 Å². The number of thiophene rings is 1. The Hall–Kier alpha value is -2.71. The zero-order valence-corrected chi connectivity index (χ0v) is 18.2. The Morgan fingerprint density at radius 1 is 1.27 bits per heavy atom. The monoisotopic (exact) mass is 447 g/mol. The molecule has 9 heteroatoms. The van der Waals surface area contributed by atoms with Gasteiger partial charge in [-0.3, -0.25) is 9.59 Å². The number of halogens is 1. The molecule has 30 heavy (non-hydrogen) atoms. The third-order valence-electron chi connectivity index (χ3n) is 4.67. The quantitative estimate of drug-likeness (QED) is 0.315. The molecule has 1 aromatic carbocycles. The van der Waals surface area contributed by atoms with Gasteiger partial charge in [-0.2, -0.15) is 5.10 Å². The van der Waals surface area contributed by atoms with Crippen molar-refractivity contribution >= 4 is 51.9 Å². The Balaban J connectivity index is 1.71. The second-order valence-electron chi connectivity index (χ2n) is 6.98.